The molecule has 1 N–H and O–H groups in total. The molecule has 16 heavy (non-hydrogen) atoms. The molecular weight excluding hydrogens is 224 g/mol. The van der Waals surface area contributed by atoms with Crippen molar-refractivity contribution in [2.45, 2.75) is 32.6 Å². The molecule has 1 amide bonds. The molecule has 86 valence electrons. The van der Waals surface area contributed by atoms with Crippen molar-refractivity contribution in [2.24, 2.45) is 0 Å². The van der Waals surface area contributed by atoms with Crippen molar-refractivity contribution < 1.29 is 4.79 Å². The lowest BCUT2D eigenvalue weighted by Crippen LogP contribution is -2.24. The largest absolute Gasteiger partial charge is 0.351 e. The number of carbonyl (C=O) groups excluding carboxylic acids is 1. The molecule has 1 aromatic rings. The van der Waals surface area contributed by atoms with Gasteiger partial charge in [-0.05, 0) is 30.8 Å². The molecule has 0 aromatic carbocycles. The second-order valence-electron chi connectivity index (χ2n) is 3.27. The second kappa shape index (κ2) is 6.90. The molecule has 0 saturated heterocycles. The van der Waals surface area contributed by atoms with E-state index in [1.54, 1.807) is 0 Å². The van der Waals surface area contributed by atoms with Gasteiger partial charge < -0.3 is 5.32 Å². The fraction of sp³-hybridized carbons (Fsp3) is 0.600. The Morgan fingerprint density at radius 1 is 1.56 bits per heavy atom. The van der Waals surface area contributed by atoms with Crippen LogP contribution in [0.5, 0.6) is 0 Å². The summed E-state index contributed by atoms with van der Waals surface area (Å²) < 4.78 is 3.76. The van der Waals surface area contributed by atoms with Crippen LogP contribution in [-0.4, -0.2) is 22.0 Å². The first-order valence-electron chi connectivity index (χ1n) is 5.26. The average Bonchev–Trinajstić information content (AvgIpc) is 2.76. The lowest BCUT2D eigenvalue weighted by Gasteiger charge is -2.02. The van der Waals surface area contributed by atoms with Crippen LogP contribution in [-0.2, 0) is 6.42 Å². The van der Waals surface area contributed by atoms with E-state index in [2.05, 4.69) is 21.0 Å². The van der Waals surface area contributed by atoms with Crippen molar-refractivity contribution in [3.05, 3.63) is 10.6 Å². The number of unbranched alkanes of at least 4 members (excludes halogenated alkanes) is 2. The third-order valence-corrected chi connectivity index (χ3v) is 2.86. The standard InChI is InChI=1S/C10H14N4OS/c1-2-8-9(16-14-13-8)10(15)12-7-5-3-4-6-11/h2-5,7H2,1H3,(H,12,15). The predicted octanol–water partition coefficient (Wildman–Crippen LogP) is 1.52. The normalized spacial score (nSPS) is 9.75. The fourth-order valence-electron chi connectivity index (χ4n) is 1.22. The Kier molecular flexibility index (Phi) is 5.43. The van der Waals surface area contributed by atoms with Crippen LogP contribution < -0.4 is 5.32 Å². The minimum atomic E-state index is -0.108. The van der Waals surface area contributed by atoms with E-state index in [0.29, 0.717) is 24.3 Å². The summed E-state index contributed by atoms with van der Waals surface area (Å²) in [5, 5.41) is 15.0. The number of aromatic nitrogens is 2. The number of aryl methyl sites for hydroxylation is 1. The molecule has 0 spiro atoms. The molecule has 0 aliphatic heterocycles. The highest BCUT2D eigenvalue weighted by Gasteiger charge is 2.13. The highest BCUT2D eigenvalue weighted by molar-refractivity contribution is 7.08. The van der Waals surface area contributed by atoms with Gasteiger partial charge in [0.15, 0.2) is 0 Å². The number of nitrogens with zero attached hydrogens (tertiary/aromatic N) is 3. The molecular formula is C10H14N4OS. The Balaban J connectivity index is 2.33. The van der Waals surface area contributed by atoms with Gasteiger partial charge in [0.2, 0.25) is 0 Å². The van der Waals surface area contributed by atoms with Crippen LogP contribution in [0.1, 0.15) is 41.6 Å². The van der Waals surface area contributed by atoms with Crippen LogP contribution in [0.2, 0.25) is 0 Å². The molecule has 1 rings (SSSR count). The number of hydrogen-bond donors (Lipinski definition) is 1. The lowest BCUT2D eigenvalue weighted by atomic mass is 10.2. The first-order valence-corrected chi connectivity index (χ1v) is 6.03. The molecule has 0 radical (unpaired) electrons. The molecule has 0 aliphatic rings. The van der Waals surface area contributed by atoms with Crippen molar-refractivity contribution in [1.29, 1.82) is 5.26 Å². The molecule has 0 bridgehead atoms. The van der Waals surface area contributed by atoms with Gasteiger partial charge in [-0.15, -0.1) is 5.10 Å². The van der Waals surface area contributed by atoms with Crippen LogP contribution >= 0.6 is 11.5 Å². The molecule has 1 aromatic heterocycles. The molecule has 6 heteroatoms. The predicted molar refractivity (Wildman–Crippen MR) is 61.1 cm³/mol. The lowest BCUT2D eigenvalue weighted by molar-refractivity contribution is 0.0956. The SMILES string of the molecule is CCc1nnsc1C(=O)NCCCCC#N. The van der Waals surface area contributed by atoms with Gasteiger partial charge in [0.05, 0.1) is 11.8 Å². The first-order chi connectivity index (χ1) is 7.79. The second-order valence-corrected chi connectivity index (χ2v) is 4.03. The van der Waals surface area contributed by atoms with Crippen LogP contribution in [0.15, 0.2) is 0 Å². The van der Waals surface area contributed by atoms with Gasteiger partial charge in [-0.2, -0.15) is 5.26 Å². The fourth-order valence-corrected chi connectivity index (χ4v) is 1.89. The smallest absolute Gasteiger partial charge is 0.264 e. The summed E-state index contributed by atoms with van der Waals surface area (Å²) in [6, 6.07) is 2.07. The number of nitriles is 1. The van der Waals surface area contributed by atoms with E-state index in [4.69, 9.17) is 5.26 Å². The van der Waals surface area contributed by atoms with Crippen molar-refractivity contribution in [3.8, 4) is 6.07 Å². The highest BCUT2D eigenvalue weighted by atomic mass is 32.1. The molecule has 0 atom stereocenters. The average molecular weight is 238 g/mol. The zero-order valence-corrected chi connectivity index (χ0v) is 10.0. The summed E-state index contributed by atoms with van der Waals surface area (Å²) in [5.74, 6) is -0.108. The minimum absolute atomic E-state index is 0.108. The number of rotatable bonds is 6. The van der Waals surface area contributed by atoms with E-state index >= 15 is 0 Å². The number of amides is 1. The minimum Gasteiger partial charge on any atom is -0.351 e. The first kappa shape index (κ1) is 12.6. The van der Waals surface area contributed by atoms with E-state index in [0.717, 1.165) is 30.1 Å². The van der Waals surface area contributed by atoms with Crippen LogP contribution in [0.3, 0.4) is 0 Å². The molecule has 0 fully saturated rings. The summed E-state index contributed by atoms with van der Waals surface area (Å²) in [6.07, 6.45) is 2.90. The van der Waals surface area contributed by atoms with Crippen LogP contribution in [0.4, 0.5) is 0 Å². The van der Waals surface area contributed by atoms with Crippen molar-refractivity contribution in [3.63, 3.8) is 0 Å². The van der Waals surface area contributed by atoms with Gasteiger partial charge in [0, 0.05) is 13.0 Å². The maximum Gasteiger partial charge on any atom is 0.264 e. The van der Waals surface area contributed by atoms with Crippen LogP contribution in [0, 0.1) is 11.3 Å². The zero-order chi connectivity index (χ0) is 11.8. The van der Waals surface area contributed by atoms with Gasteiger partial charge in [-0.3, -0.25) is 4.79 Å². The molecule has 0 unspecified atom stereocenters. The maximum absolute atomic E-state index is 11.7. The Morgan fingerprint density at radius 3 is 3.06 bits per heavy atom. The number of carbonyl (C=O) groups is 1. The van der Waals surface area contributed by atoms with Gasteiger partial charge in [0.25, 0.3) is 5.91 Å². The van der Waals surface area contributed by atoms with E-state index in [1.807, 2.05) is 6.92 Å². The zero-order valence-electron chi connectivity index (χ0n) is 9.19. The third-order valence-electron chi connectivity index (χ3n) is 2.10. The van der Waals surface area contributed by atoms with Gasteiger partial charge in [0.1, 0.15) is 4.88 Å². The highest BCUT2D eigenvalue weighted by Crippen LogP contribution is 2.10. The van der Waals surface area contributed by atoms with Crippen molar-refractivity contribution >= 4 is 17.4 Å². The Bertz CT molecular complexity index is 382. The molecule has 1 heterocycles. The summed E-state index contributed by atoms with van der Waals surface area (Å²) in [7, 11) is 0. The van der Waals surface area contributed by atoms with Gasteiger partial charge in [-0.1, -0.05) is 11.4 Å². The number of hydrogen-bond acceptors (Lipinski definition) is 5. The molecule has 5 nitrogen and oxygen atoms in total. The summed E-state index contributed by atoms with van der Waals surface area (Å²) in [6.45, 7) is 2.54. The summed E-state index contributed by atoms with van der Waals surface area (Å²) in [4.78, 5) is 12.3. The third kappa shape index (κ3) is 3.59. The van der Waals surface area contributed by atoms with Gasteiger partial charge in [-0.25, -0.2) is 0 Å². The summed E-state index contributed by atoms with van der Waals surface area (Å²) >= 11 is 1.13. The number of nitrogens with one attached hydrogen (secondary N) is 1. The Morgan fingerprint density at radius 2 is 2.38 bits per heavy atom. The van der Waals surface area contributed by atoms with E-state index < -0.39 is 0 Å². The van der Waals surface area contributed by atoms with E-state index in [-0.39, 0.29) is 5.91 Å². The van der Waals surface area contributed by atoms with E-state index in [1.165, 1.54) is 0 Å². The van der Waals surface area contributed by atoms with Crippen molar-refractivity contribution in [2.75, 3.05) is 6.54 Å². The summed E-state index contributed by atoms with van der Waals surface area (Å²) in [5.41, 5.74) is 0.750. The van der Waals surface area contributed by atoms with Gasteiger partial charge >= 0.3 is 0 Å². The Hall–Kier alpha value is -1.48. The molecule has 0 aliphatic carbocycles. The quantitative estimate of drug-likeness (QED) is 0.762. The topological polar surface area (TPSA) is 78.7 Å². The van der Waals surface area contributed by atoms with Crippen molar-refractivity contribution in [1.82, 2.24) is 14.9 Å². The van der Waals surface area contributed by atoms with E-state index in [9.17, 15) is 4.79 Å². The monoisotopic (exact) mass is 238 g/mol. The molecule has 0 saturated carbocycles. The maximum atomic E-state index is 11.7. The van der Waals surface area contributed by atoms with Crippen LogP contribution in [0.25, 0.3) is 0 Å². The Labute approximate surface area is 98.6 Å².